The van der Waals surface area contributed by atoms with Crippen molar-refractivity contribution in [3.63, 3.8) is 0 Å². The van der Waals surface area contributed by atoms with E-state index in [0.29, 0.717) is 41.5 Å². The maximum Gasteiger partial charge on any atom is 0.180 e. The molecule has 10 rings (SSSR count). The maximum absolute atomic E-state index is 15.3. The van der Waals surface area contributed by atoms with Gasteiger partial charge in [0, 0.05) is 0 Å². The molecule has 0 bridgehead atoms. The molecule has 0 spiro atoms. The summed E-state index contributed by atoms with van der Waals surface area (Å²) in [5, 5.41) is 2.73. The van der Waals surface area contributed by atoms with Crippen LogP contribution in [0.2, 0.25) is 0 Å². The van der Waals surface area contributed by atoms with Crippen LogP contribution in [0.4, 0.5) is 26.3 Å². The van der Waals surface area contributed by atoms with Gasteiger partial charge in [-0.25, -0.2) is 46.3 Å². The zero-order valence-electron chi connectivity index (χ0n) is 24.3. The number of benzene rings is 4. The van der Waals surface area contributed by atoms with Crippen LogP contribution in [0.1, 0.15) is 0 Å². The van der Waals surface area contributed by atoms with Gasteiger partial charge in [0.1, 0.15) is 51.2 Å². The third-order valence-electron chi connectivity index (χ3n) is 7.92. The Morgan fingerprint density at radius 3 is 1.02 bits per heavy atom. The van der Waals surface area contributed by atoms with Gasteiger partial charge in [0.25, 0.3) is 0 Å². The number of fused-ring (bicyclic) bond motifs is 5. The van der Waals surface area contributed by atoms with Crippen LogP contribution in [0.5, 0.6) is 0 Å². The highest BCUT2D eigenvalue weighted by Crippen LogP contribution is 2.47. The second kappa shape index (κ2) is 11.1. The molecule has 0 N–H and O–H groups in total. The highest BCUT2D eigenvalue weighted by atomic mass is 32.1. The van der Waals surface area contributed by atoms with Crippen LogP contribution in [-0.2, 0) is 0 Å². The van der Waals surface area contributed by atoms with E-state index in [1.807, 2.05) is 24.3 Å². The Labute approximate surface area is 299 Å². The first-order valence-electron chi connectivity index (χ1n) is 14.4. The summed E-state index contributed by atoms with van der Waals surface area (Å²) in [5.74, 6) is -4.97. The Balaban J connectivity index is 1.01. The molecule has 16 heteroatoms. The first kappa shape index (κ1) is 30.5. The molecule has 0 radical (unpaired) electrons. The van der Waals surface area contributed by atoms with Crippen molar-refractivity contribution < 1.29 is 26.3 Å². The Morgan fingerprint density at radius 2 is 0.660 bits per heavy atom. The lowest BCUT2D eigenvalue weighted by Gasteiger charge is -1.97. The maximum atomic E-state index is 15.3. The van der Waals surface area contributed by atoms with E-state index in [0.717, 1.165) is 65.5 Å². The summed E-state index contributed by atoms with van der Waals surface area (Å²) in [6.07, 6.45) is 0. The average molecular weight is 781 g/mol. The van der Waals surface area contributed by atoms with Gasteiger partial charge in [-0.2, -0.15) is 0 Å². The molecule has 6 heterocycles. The first-order chi connectivity index (χ1) is 24.2. The lowest BCUT2D eigenvalue weighted by molar-refractivity contribution is 0.520. The van der Waals surface area contributed by atoms with Crippen molar-refractivity contribution in [3.8, 4) is 39.5 Å². The molecule has 0 aliphatic heterocycles. The van der Waals surface area contributed by atoms with Gasteiger partial charge >= 0.3 is 0 Å². The summed E-state index contributed by atoms with van der Waals surface area (Å²) in [6.45, 7) is 0. The zero-order chi connectivity index (χ0) is 34.0. The summed E-state index contributed by atoms with van der Waals surface area (Å²) in [5.41, 5.74) is 2.15. The number of thiazole rings is 4. The molecule has 0 saturated carbocycles. The summed E-state index contributed by atoms with van der Waals surface area (Å²) < 4.78 is 90.9. The van der Waals surface area contributed by atoms with E-state index in [2.05, 4.69) is 19.9 Å². The van der Waals surface area contributed by atoms with Gasteiger partial charge in [-0.1, -0.05) is 0 Å². The molecule has 4 aromatic carbocycles. The van der Waals surface area contributed by atoms with E-state index >= 15 is 17.6 Å². The van der Waals surface area contributed by atoms with Crippen molar-refractivity contribution >= 4 is 120 Å². The van der Waals surface area contributed by atoms with Crippen LogP contribution < -0.4 is 0 Å². The molecule has 0 fully saturated rings. The molecule has 50 heavy (non-hydrogen) atoms. The fourth-order valence-corrected chi connectivity index (χ4v) is 12.0. The Morgan fingerprint density at radius 1 is 0.340 bits per heavy atom. The molecule has 0 saturated heterocycles. The van der Waals surface area contributed by atoms with Crippen molar-refractivity contribution in [2.45, 2.75) is 0 Å². The molecular formula is C34H10F6N4S6. The monoisotopic (exact) mass is 780 g/mol. The highest BCUT2D eigenvalue weighted by Gasteiger charge is 2.27. The number of hydrogen-bond acceptors (Lipinski definition) is 10. The van der Waals surface area contributed by atoms with Crippen molar-refractivity contribution in [1.29, 1.82) is 0 Å². The quantitative estimate of drug-likeness (QED) is 0.167. The number of nitrogens with zero attached hydrogens (tertiary/aromatic N) is 4. The number of hydrogen-bond donors (Lipinski definition) is 0. The van der Waals surface area contributed by atoms with E-state index in [9.17, 15) is 8.78 Å². The summed E-state index contributed by atoms with van der Waals surface area (Å²) in [4.78, 5) is 18.1. The van der Waals surface area contributed by atoms with Crippen LogP contribution in [-0.4, -0.2) is 19.9 Å². The Kier molecular flexibility index (Phi) is 6.76. The predicted molar refractivity (Wildman–Crippen MR) is 194 cm³/mol. The van der Waals surface area contributed by atoms with E-state index in [1.54, 1.807) is 0 Å². The minimum Gasteiger partial charge on any atom is -0.235 e. The van der Waals surface area contributed by atoms with Gasteiger partial charge in [-0.15, -0.1) is 68.0 Å². The second-order valence-corrected chi connectivity index (χ2v) is 17.2. The first-order valence-corrected chi connectivity index (χ1v) is 19.3. The standard InChI is InChI=1S/C34H10F6N4S6/c35-13-1-3-15-21(9-13)47-31(41-15)27-23(37)25(39)29(49-27)33-43-17-5-11-8-20-18(6-12(11)7-19(17)45-33)44-34(46-20)30-26(40)24(38)28(50-30)32-42-16-4-2-14(36)10-22(16)48-32/h1-10H. The van der Waals surface area contributed by atoms with Gasteiger partial charge in [0.2, 0.25) is 0 Å². The Bertz CT molecular complexity index is 2770. The van der Waals surface area contributed by atoms with E-state index in [4.69, 9.17) is 0 Å². The summed E-state index contributed by atoms with van der Waals surface area (Å²) in [7, 11) is 0. The minimum atomic E-state index is -1.03. The van der Waals surface area contributed by atoms with Crippen LogP contribution >= 0.6 is 68.0 Å². The van der Waals surface area contributed by atoms with Crippen molar-refractivity contribution in [2.75, 3.05) is 0 Å². The zero-order valence-corrected chi connectivity index (χ0v) is 29.2. The van der Waals surface area contributed by atoms with Gasteiger partial charge in [-0.05, 0) is 71.4 Å². The molecule has 0 aliphatic carbocycles. The normalized spacial score (nSPS) is 12.2. The van der Waals surface area contributed by atoms with Gasteiger partial charge in [0.05, 0.1) is 40.9 Å². The van der Waals surface area contributed by atoms with Crippen LogP contribution in [0.25, 0.3) is 91.2 Å². The summed E-state index contributed by atoms with van der Waals surface area (Å²) >= 11 is 6.40. The molecule has 0 amide bonds. The van der Waals surface area contributed by atoms with Gasteiger partial charge in [-0.3, -0.25) is 0 Å². The van der Waals surface area contributed by atoms with Crippen molar-refractivity contribution in [3.05, 3.63) is 95.6 Å². The molecule has 10 aromatic rings. The Hall–Kier alpha value is -4.32. The number of rotatable bonds is 4. The summed E-state index contributed by atoms with van der Waals surface area (Å²) in [6, 6.07) is 15.6. The number of aromatic nitrogens is 4. The highest BCUT2D eigenvalue weighted by molar-refractivity contribution is 7.30. The fraction of sp³-hybridized carbons (Fsp3) is 0. The molecule has 6 aromatic heterocycles. The molecule has 0 atom stereocenters. The van der Waals surface area contributed by atoms with E-state index in [-0.39, 0.29) is 29.5 Å². The third-order valence-corrected chi connectivity index (χ3v) is 14.9. The lowest BCUT2D eigenvalue weighted by atomic mass is 10.1. The number of halogens is 6. The van der Waals surface area contributed by atoms with Crippen molar-refractivity contribution in [1.82, 2.24) is 19.9 Å². The largest absolute Gasteiger partial charge is 0.235 e. The van der Waals surface area contributed by atoms with Crippen molar-refractivity contribution in [2.24, 2.45) is 0 Å². The van der Waals surface area contributed by atoms with E-state index < -0.39 is 34.9 Å². The lowest BCUT2D eigenvalue weighted by Crippen LogP contribution is -1.81. The fourth-order valence-electron chi connectivity index (χ4n) is 5.61. The average Bonchev–Trinajstić information content (AvgIpc) is 3.94. The van der Waals surface area contributed by atoms with Gasteiger partial charge in [0.15, 0.2) is 23.3 Å². The molecule has 0 aliphatic rings. The van der Waals surface area contributed by atoms with Crippen LogP contribution in [0.3, 0.4) is 0 Å². The molecule has 244 valence electrons. The predicted octanol–water partition coefficient (Wildman–Crippen LogP) is 12.9. The molecule has 0 unspecified atom stereocenters. The number of thiophene rings is 2. The minimum absolute atomic E-state index is 0.0234. The second-order valence-electron chi connectivity index (χ2n) is 11.1. The smallest absolute Gasteiger partial charge is 0.180 e. The van der Waals surface area contributed by atoms with E-state index in [1.165, 1.54) is 59.1 Å². The van der Waals surface area contributed by atoms with Crippen LogP contribution in [0.15, 0.2) is 60.7 Å². The topological polar surface area (TPSA) is 51.6 Å². The van der Waals surface area contributed by atoms with Crippen LogP contribution in [0, 0.1) is 34.9 Å². The van der Waals surface area contributed by atoms with Gasteiger partial charge < -0.3 is 0 Å². The molecule has 4 nitrogen and oxygen atoms in total. The molecular weight excluding hydrogens is 771 g/mol. The third kappa shape index (κ3) is 4.73. The SMILES string of the molecule is Fc1ccc2nc(-c3sc(-c4nc5cc6cc7sc(-c8sc(-c9nc%10ccc(F)cc%10s9)c(F)c8F)nc7cc6cc5s4)c(F)c3F)sc2c1.